The first-order valence-corrected chi connectivity index (χ1v) is 17.7. The fraction of sp³-hybridized carbons (Fsp3) is 0.861. The molecule has 0 aromatic carbocycles. The topological polar surface area (TPSA) is 130 Å². The van der Waals surface area contributed by atoms with Crippen molar-refractivity contribution in [1.29, 1.82) is 0 Å². The van der Waals surface area contributed by atoms with Crippen molar-refractivity contribution in [3.05, 3.63) is 12.2 Å². The van der Waals surface area contributed by atoms with E-state index in [1.165, 1.54) is 32.1 Å². The number of aliphatic hydroxyl groups is 3. The number of esters is 2. The van der Waals surface area contributed by atoms with Gasteiger partial charge in [-0.15, -0.1) is 0 Å². The van der Waals surface area contributed by atoms with E-state index < -0.39 is 18.3 Å². The Morgan fingerprint density at radius 1 is 0.864 bits per heavy atom. The van der Waals surface area contributed by atoms with Crippen LogP contribution in [0.3, 0.4) is 0 Å². The summed E-state index contributed by atoms with van der Waals surface area (Å²) in [5.41, 5.74) is 0. The Labute approximate surface area is 267 Å². The fourth-order valence-electron chi connectivity index (χ4n) is 5.88. The average molecular weight is 625 g/mol. The number of carbonyl (C=O) groups excluding carboxylic acids is 3. The van der Waals surface area contributed by atoms with E-state index in [0.29, 0.717) is 19.3 Å². The normalized spacial score (nSPS) is 20.0. The summed E-state index contributed by atoms with van der Waals surface area (Å²) in [6, 6.07) is 0. The second kappa shape index (κ2) is 25.4. The van der Waals surface area contributed by atoms with Gasteiger partial charge in [-0.1, -0.05) is 116 Å². The van der Waals surface area contributed by atoms with E-state index in [-0.39, 0.29) is 55.6 Å². The Hall–Kier alpha value is -1.77. The van der Waals surface area contributed by atoms with Crippen molar-refractivity contribution >= 4 is 17.7 Å². The second-order valence-corrected chi connectivity index (χ2v) is 13.2. The van der Waals surface area contributed by atoms with Crippen molar-refractivity contribution in [2.24, 2.45) is 17.8 Å². The van der Waals surface area contributed by atoms with Crippen LogP contribution in [0.25, 0.3) is 0 Å². The third kappa shape index (κ3) is 19.6. The smallest absolute Gasteiger partial charge is 0.306 e. The summed E-state index contributed by atoms with van der Waals surface area (Å²) >= 11 is 0. The highest BCUT2D eigenvalue weighted by atomic mass is 16.6. The Morgan fingerprint density at radius 3 is 2.09 bits per heavy atom. The highest BCUT2D eigenvalue weighted by molar-refractivity contribution is 5.86. The third-order valence-electron chi connectivity index (χ3n) is 8.64. The molecule has 8 heteroatoms. The molecular formula is C36H64O8. The molecule has 0 amide bonds. The first-order valence-electron chi connectivity index (χ1n) is 17.7. The molecule has 1 fully saturated rings. The summed E-state index contributed by atoms with van der Waals surface area (Å²) in [4.78, 5) is 36.7. The molecule has 0 saturated heterocycles. The molecule has 1 aliphatic carbocycles. The first-order chi connectivity index (χ1) is 21.2. The lowest BCUT2D eigenvalue weighted by atomic mass is 9.88. The van der Waals surface area contributed by atoms with Crippen molar-refractivity contribution in [3.8, 4) is 0 Å². The quantitative estimate of drug-likeness (QED) is 0.0506. The van der Waals surface area contributed by atoms with Crippen LogP contribution in [0.5, 0.6) is 0 Å². The Balaban J connectivity index is 2.15. The summed E-state index contributed by atoms with van der Waals surface area (Å²) in [5.74, 6) is -0.421. The number of rotatable bonds is 27. The van der Waals surface area contributed by atoms with E-state index in [9.17, 15) is 29.7 Å². The molecule has 0 bridgehead atoms. The van der Waals surface area contributed by atoms with Gasteiger partial charge < -0.3 is 24.8 Å². The molecule has 1 aliphatic rings. The highest BCUT2D eigenvalue weighted by Gasteiger charge is 2.39. The van der Waals surface area contributed by atoms with Crippen molar-refractivity contribution in [3.63, 3.8) is 0 Å². The molecule has 8 nitrogen and oxygen atoms in total. The molecule has 256 valence electrons. The summed E-state index contributed by atoms with van der Waals surface area (Å²) in [6.45, 7) is 6.09. The van der Waals surface area contributed by atoms with Crippen LogP contribution in [-0.4, -0.2) is 64.6 Å². The number of ether oxygens (including phenoxy) is 2. The molecule has 0 aromatic heterocycles. The number of Topliss-reactive ketones (excluding diaryl/α,β-unsaturated/α-hetero) is 1. The zero-order valence-corrected chi connectivity index (χ0v) is 28.1. The maximum absolute atomic E-state index is 12.4. The lowest BCUT2D eigenvalue weighted by Crippen LogP contribution is -2.28. The van der Waals surface area contributed by atoms with Crippen LogP contribution >= 0.6 is 0 Å². The van der Waals surface area contributed by atoms with Crippen molar-refractivity contribution in [2.75, 3.05) is 13.2 Å². The monoisotopic (exact) mass is 624 g/mol. The van der Waals surface area contributed by atoms with E-state index >= 15 is 0 Å². The highest BCUT2D eigenvalue weighted by Crippen LogP contribution is 2.34. The Kier molecular flexibility index (Phi) is 23.3. The Bertz CT molecular complexity index is 795. The number of aliphatic hydroxyl groups excluding tert-OH is 3. The number of hydrogen-bond acceptors (Lipinski definition) is 8. The van der Waals surface area contributed by atoms with E-state index in [0.717, 1.165) is 70.1 Å². The third-order valence-corrected chi connectivity index (χ3v) is 8.64. The number of allylic oxidation sites excluding steroid dienone is 1. The predicted octanol–water partition coefficient (Wildman–Crippen LogP) is 7.00. The standard InChI is InChI=1S/C36H64O8/c1-4-5-13-19-29(38)23-24-32-31(33(39)25-34(32)40)20-15-11-12-16-21-35(41)43-27-30(26-37)44-36(42)22-17-10-8-6-7-9-14-18-28(2)3/h23-24,28-33,37-39H,4-22,25-27H2,1-3H3/b24-23+/t29-,30-,31+,32+,33-/m0/s1. The fourth-order valence-corrected chi connectivity index (χ4v) is 5.88. The van der Waals surface area contributed by atoms with Gasteiger partial charge in [0.05, 0.1) is 18.8 Å². The van der Waals surface area contributed by atoms with Gasteiger partial charge in [0.2, 0.25) is 0 Å². The van der Waals surface area contributed by atoms with Crippen molar-refractivity contribution < 1.29 is 39.2 Å². The van der Waals surface area contributed by atoms with Crippen LogP contribution in [0.15, 0.2) is 12.2 Å². The van der Waals surface area contributed by atoms with Gasteiger partial charge in [0.25, 0.3) is 0 Å². The molecule has 0 radical (unpaired) electrons. The van der Waals surface area contributed by atoms with Crippen LogP contribution in [0, 0.1) is 17.8 Å². The van der Waals surface area contributed by atoms with Gasteiger partial charge in [0.1, 0.15) is 12.4 Å². The van der Waals surface area contributed by atoms with Crippen LogP contribution in [-0.2, 0) is 23.9 Å². The van der Waals surface area contributed by atoms with E-state index in [4.69, 9.17) is 9.47 Å². The van der Waals surface area contributed by atoms with Gasteiger partial charge >= 0.3 is 11.9 Å². The van der Waals surface area contributed by atoms with Crippen LogP contribution < -0.4 is 0 Å². The van der Waals surface area contributed by atoms with Crippen LogP contribution in [0.2, 0.25) is 0 Å². The molecule has 1 saturated carbocycles. The lowest BCUT2D eigenvalue weighted by molar-refractivity contribution is -0.161. The molecule has 0 aliphatic heterocycles. The largest absolute Gasteiger partial charge is 0.462 e. The summed E-state index contributed by atoms with van der Waals surface area (Å²) < 4.78 is 10.5. The SMILES string of the molecule is CCCCC[C@H](O)/C=C/[C@H]1C(=O)C[C@H](O)[C@@H]1CCCCCCC(=O)OC[C@H](CO)OC(=O)CCCCCCCCCC(C)C. The van der Waals surface area contributed by atoms with E-state index in [1.807, 2.05) is 0 Å². The summed E-state index contributed by atoms with van der Waals surface area (Å²) in [6.07, 6.45) is 19.0. The number of unbranched alkanes of at least 4 members (excludes halogenated alkanes) is 11. The van der Waals surface area contributed by atoms with Crippen molar-refractivity contribution in [2.45, 2.75) is 167 Å². The molecule has 44 heavy (non-hydrogen) atoms. The molecule has 5 atom stereocenters. The number of carbonyl (C=O) groups is 3. The minimum Gasteiger partial charge on any atom is -0.462 e. The first kappa shape index (κ1) is 40.3. The maximum Gasteiger partial charge on any atom is 0.306 e. The summed E-state index contributed by atoms with van der Waals surface area (Å²) in [7, 11) is 0. The lowest BCUT2D eigenvalue weighted by Gasteiger charge is -2.19. The Morgan fingerprint density at radius 2 is 1.45 bits per heavy atom. The van der Waals surface area contributed by atoms with Gasteiger partial charge in [-0.3, -0.25) is 14.4 Å². The molecular weight excluding hydrogens is 560 g/mol. The average Bonchev–Trinajstić information content (AvgIpc) is 3.26. The molecule has 0 heterocycles. The van der Waals surface area contributed by atoms with Gasteiger partial charge in [-0.05, 0) is 37.5 Å². The molecule has 1 rings (SSSR count). The molecule has 3 N–H and O–H groups in total. The van der Waals surface area contributed by atoms with Gasteiger partial charge in [0, 0.05) is 25.2 Å². The zero-order valence-electron chi connectivity index (χ0n) is 28.1. The molecule has 0 aromatic rings. The van der Waals surface area contributed by atoms with Gasteiger partial charge in [-0.25, -0.2) is 0 Å². The van der Waals surface area contributed by atoms with Crippen molar-refractivity contribution in [1.82, 2.24) is 0 Å². The van der Waals surface area contributed by atoms with Crippen LogP contribution in [0.4, 0.5) is 0 Å². The minimum absolute atomic E-state index is 0.0346. The number of hydrogen-bond donors (Lipinski definition) is 3. The van der Waals surface area contributed by atoms with Crippen LogP contribution in [0.1, 0.15) is 149 Å². The molecule has 0 unspecified atom stereocenters. The maximum atomic E-state index is 12.4. The van der Waals surface area contributed by atoms with Gasteiger partial charge in [0.15, 0.2) is 6.10 Å². The van der Waals surface area contributed by atoms with E-state index in [1.54, 1.807) is 12.2 Å². The predicted molar refractivity (Wildman–Crippen MR) is 174 cm³/mol. The summed E-state index contributed by atoms with van der Waals surface area (Å²) in [5, 5.41) is 30.1. The molecule has 0 spiro atoms. The van der Waals surface area contributed by atoms with E-state index in [2.05, 4.69) is 20.8 Å². The van der Waals surface area contributed by atoms with Gasteiger partial charge in [-0.2, -0.15) is 0 Å². The minimum atomic E-state index is -0.840. The second-order valence-electron chi connectivity index (χ2n) is 13.2. The number of ketones is 1. The zero-order chi connectivity index (χ0) is 32.6.